The summed E-state index contributed by atoms with van der Waals surface area (Å²) in [5, 5.41) is 5.57. The average molecular weight is 269 g/mol. The first-order chi connectivity index (χ1) is 9.67. The molecule has 0 radical (unpaired) electrons. The number of carbonyl (C=O) groups excluding carboxylic acids is 1. The van der Waals surface area contributed by atoms with E-state index >= 15 is 0 Å². The fraction of sp³-hybridized carbons (Fsp3) is 0.188. The molecule has 0 aliphatic heterocycles. The lowest BCUT2D eigenvalue weighted by molar-refractivity contribution is 0.262. The maximum Gasteiger partial charge on any atom is 0.323 e. The zero-order valence-corrected chi connectivity index (χ0v) is 11.5. The summed E-state index contributed by atoms with van der Waals surface area (Å²) in [6, 6.07) is 14.7. The van der Waals surface area contributed by atoms with E-state index in [1.54, 1.807) is 24.3 Å². The van der Waals surface area contributed by atoms with Gasteiger partial charge in [-0.1, -0.05) is 31.5 Å². The minimum absolute atomic E-state index is 0.274. The molecule has 0 heterocycles. The van der Waals surface area contributed by atoms with E-state index in [-0.39, 0.29) is 6.03 Å². The quantitative estimate of drug-likeness (QED) is 0.738. The van der Waals surface area contributed by atoms with Crippen molar-refractivity contribution in [2.24, 2.45) is 0 Å². The van der Waals surface area contributed by atoms with Crippen LogP contribution in [0.25, 0.3) is 0 Å². The van der Waals surface area contributed by atoms with Gasteiger partial charge in [0.2, 0.25) is 0 Å². The average Bonchev–Trinajstić information content (AvgIpc) is 2.39. The maximum atomic E-state index is 11.9. The summed E-state index contributed by atoms with van der Waals surface area (Å²) >= 11 is 0. The molecular weight excluding hydrogens is 250 g/mol. The molecule has 2 aromatic carbocycles. The van der Waals surface area contributed by atoms with Gasteiger partial charge in [0.05, 0.1) is 0 Å². The SMILES string of the molecule is CCCc1cccc(NC(=O)Nc2cccc(N)c2)c1. The summed E-state index contributed by atoms with van der Waals surface area (Å²) in [5.41, 5.74) is 8.97. The Balaban J connectivity index is 1.99. The number of nitrogens with two attached hydrogens (primary N) is 1. The fourth-order valence-corrected chi connectivity index (χ4v) is 2.00. The van der Waals surface area contributed by atoms with Gasteiger partial charge in [-0.15, -0.1) is 0 Å². The molecule has 0 aliphatic rings. The van der Waals surface area contributed by atoms with Crippen LogP contribution in [-0.2, 0) is 6.42 Å². The first-order valence-electron chi connectivity index (χ1n) is 6.70. The van der Waals surface area contributed by atoms with Gasteiger partial charge < -0.3 is 16.4 Å². The summed E-state index contributed by atoms with van der Waals surface area (Å²) in [7, 11) is 0. The number of nitrogen functional groups attached to an aromatic ring is 1. The molecule has 0 aromatic heterocycles. The first-order valence-corrected chi connectivity index (χ1v) is 6.70. The second-order valence-electron chi connectivity index (χ2n) is 4.65. The molecule has 104 valence electrons. The number of nitrogens with one attached hydrogen (secondary N) is 2. The standard InChI is InChI=1S/C16H19N3O/c1-2-5-12-6-3-8-14(10-12)18-16(20)19-15-9-4-7-13(17)11-15/h3-4,6-11H,2,5,17H2,1H3,(H2,18,19,20). The number of benzene rings is 2. The monoisotopic (exact) mass is 269 g/mol. The zero-order valence-electron chi connectivity index (χ0n) is 11.5. The fourth-order valence-electron chi connectivity index (χ4n) is 2.00. The van der Waals surface area contributed by atoms with Gasteiger partial charge in [-0.25, -0.2) is 4.79 Å². The van der Waals surface area contributed by atoms with Crippen LogP contribution in [-0.4, -0.2) is 6.03 Å². The first kappa shape index (κ1) is 13.9. The Bertz CT molecular complexity index is 596. The van der Waals surface area contributed by atoms with Gasteiger partial charge >= 0.3 is 6.03 Å². The molecule has 20 heavy (non-hydrogen) atoms. The van der Waals surface area contributed by atoms with E-state index in [0.29, 0.717) is 11.4 Å². The molecule has 0 atom stereocenters. The summed E-state index contributed by atoms with van der Waals surface area (Å²) < 4.78 is 0. The van der Waals surface area contributed by atoms with E-state index in [0.717, 1.165) is 18.5 Å². The van der Waals surface area contributed by atoms with Crippen molar-refractivity contribution in [3.63, 3.8) is 0 Å². The Morgan fingerprint density at radius 1 is 1.05 bits per heavy atom. The highest BCUT2D eigenvalue weighted by Crippen LogP contribution is 2.14. The molecule has 0 fully saturated rings. The number of rotatable bonds is 4. The number of carbonyl (C=O) groups is 1. The summed E-state index contributed by atoms with van der Waals surface area (Å²) in [4.78, 5) is 11.9. The molecule has 2 rings (SSSR count). The number of urea groups is 1. The topological polar surface area (TPSA) is 67.2 Å². The predicted molar refractivity (Wildman–Crippen MR) is 83.9 cm³/mol. The summed E-state index contributed by atoms with van der Waals surface area (Å²) in [6.07, 6.45) is 2.09. The third-order valence-electron chi connectivity index (χ3n) is 2.87. The zero-order chi connectivity index (χ0) is 14.4. The maximum absolute atomic E-state index is 11.9. The lowest BCUT2D eigenvalue weighted by atomic mass is 10.1. The second kappa shape index (κ2) is 6.61. The number of hydrogen-bond acceptors (Lipinski definition) is 2. The highest BCUT2D eigenvalue weighted by atomic mass is 16.2. The third-order valence-corrected chi connectivity index (χ3v) is 2.87. The minimum Gasteiger partial charge on any atom is -0.399 e. The van der Waals surface area contributed by atoms with Crippen LogP contribution in [0.3, 0.4) is 0 Å². The van der Waals surface area contributed by atoms with E-state index in [1.165, 1.54) is 5.56 Å². The molecular formula is C16H19N3O. The van der Waals surface area contributed by atoms with Crippen molar-refractivity contribution in [1.82, 2.24) is 0 Å². The Hall–Kier alpha value is -2.49. The van der Waals surface area contributed by atoms with Gasteiger partial charge in [0, 0.05) is 17.1 Å². The Kier molecular flexibility index (Phi) is 4.60. The van der Waals surface area contributed by atoms with Crippen LogP contribution < -0.4 is 16.4 Å². The Morgan fingerprint density at radius 3 is 2.35 bits per heavy atom. The van der Waals surface area contributed by atoms with Gasteiger partial charge in [0.25, 0.3) is 0 Å². The van der Waals surface area contributed by atoms with Crippen molar-refractivity contribution in [1.29, 1.82) is 0 Å². The highest BCUT2D eigenvalue weighted by Gasteiger charge is 2.03. The van der Waals surface area contributed by atoms with Gasteiger partial charge in [-0.2, -0.15) is 0 Å². The van der Waals surface area contributed by atoms with Gasteiger partial charge in [0.15, 0.2) is 0 Å². The molecule has 2 aromatic rings. The molecule has 0 unspecified atom stereocenters. The lowest BCUT2D eigenvalue weighted by Crippen LogP contribution is -2.19. The summed E-state index contributed by atoms with van der Waals surface area (Å²) in [5.74, 6) is 0. The lowest BCUT2D eigenvalue weighted by Gasteiger charge is -2.09. The van der Waals surface area contributed by atoms with Crippen LogP contribution >= 0.6 is 0 Å². The number of aryl methyl sites for hydroxylation is 1. The molecule has 4 nitrogen and oxygen atoms in total. The normalized spacial score (nSPS) is 10.1. The predicted octanol–water partition coefficient (Wildman–Crippen LogP) is 3.87. The smallest absolute Gasteiger partial charge is 0.323 e. The molecule has 0 saturated heterocycles. The third kappa shape index (κ3) is 4.02. The van der Waals surface area contributed by atoms with Crippen LogP contribution in [0.2, 0.25) is 0 Å². The van der Waals surface area contributed by atoms with Crippen molar-refractivity contribution >= 4 is 23.1 Å². The van der Waals surface area contributed by atoms with Crippen molar-refractivity contribution in [2.45, 2.75) is 19.8 Å². The van der Waals surface area contributed by atoms with Crippen molar-refractivity contribution in [3.8, 4) is 0 Å². The highest BCUT2D eigenvalue weighted by molar-refractivity contribution is 6.00. The number of anilines is 3. The minimum atomic E-state index is -0.274. The Morgan fingerprint density at radius 2 is 1.70 bits per heavy atom. The Labute approximate surface area is 119 Å². The van der Waals surface area contributed by atoms with E-state index in [4.69, 9.17) is 5.73 Å². The van der Waals surface area contributed by atoms with Crippen LogP contribution in [0.1, 0.15) is 18.9 Å². The van der Waals surface area contributed by atoms with E-state index in [2.05, 4.69) is 23.6 Å². The van der Waals surface area contributed by atoms with Gasteiger partial charge in [-0.05, 0) is 42.3 Å². The molecule has 0 aliphatic carbocycles. The van der Waals surface area contributed by atoms with Crippen LogP contribution in [0.5, 0.6) is 0 Å². The van der Waals surface area contributed by atoms with E-state index < -0.39 is 0 Å². The van der Waals surface area contributed by atoms with Crippen LogP contribution in [0, 0.1) is 0 Å². The molecule has 4 heteroatoms. The van der Waals surface area contributed by atoms with Crippen molar-refractivity contribution in [2.75, 3.05) is 16.4 Å². The van der Waals surface area contributed by atoms with Crippen molar-refractivity contribution in [3.05, 3.63) is 54.1 Å². The van der Waals surface area contributed by atoms with E-state index in [1.807, 2.05) is 18.2 Å². The largest absolute Gasteiger partial charge is 0.399 e. The van der Waals surface area contributed by atoms with E-state index in [9.17, 15) is 4.79 Å². The molecule has 0 saturated carbocycles. The van der Waals surface area contributed by atoms with Crippen LogP contribution in [0.15, 0.2) is 48.5 Å². The van der Waals surface area contributed by atoms with Gasteiger partial charge in [-0.3, -0.25) is 0 Å². The number of hydrogen-bond donors (Lipinski definition) is 3. The molecule has 0 spiro atoms. The van der Waals surface area contributed by atoms with Gasteiger partial charge in [0.1, 0.15) is 0 Å². The van der Waals surface area contributed by atoms with Crippen LogP contribution in [0.4, 0.5) is 21.9 Å². The number of amides is 2. The van der Waals surface area contributed by atoms with Crippen molar-refractivity contribution < 1.29 is 4.79 Å². The molecule has 0 bridgehead atoms. The molecule has 4 N–H and O–H groups in total. The second-order valence-corrected chi connectivity index (χ2v) is 4.65. The summed E-state index contributed by atoms with van der Waals surface area (Å²) in [6.45, 7) is 2.13. The molecule has 2 amide bonds.